The molecule has 2 N–H and O–H groups in total. The summed E-state index contributed by atoms with van der Waals surface area (Å²) < 4.78 is 0. The second kappa shape index (κ2) is 6.48. The molecule has 1 amide bonds. The number of rotatable bonds is 4. The topological polar surface area (TPSA) is 54.0 Å². The second-order valence-electron chi connectivity index (χ2n) is 5.69. The molecule has 2 atom stereocenters. The van der Waals surface area contributed by atoms with E-state index in [1.165, 1.54) is 0 Å². The van der Waals surface area contributed by atoms with E-state index in [4.69, 9.17) is 0 Å². The summed E-state index contributed by atoms with van der Waals surface area (Å²) in [7, 11) is 0. The van der Waals surface area contributed by atoms with Crippen LogP contribution in [0.25, 0.3) is 0 Å². The highest BCUT2D eigenvalue weighted by Gasteiger charge is 2.23. The van der Waals surface area contributed by atoms with Crippen LogP contribution in [0.4, 0.5) is 0 Å². The molecule has 0 aliphatic carbocycles. The third-order valence-corrected chi connectivity index (χ3v) is 4.32. The number of hydrogen-bond acceptors (Lipinski definition) is 4. The van der Waals surface area contributed by atoms with Gasteiger partial charge in [0.25, 0.3) is 5.91 Å². The lowest BCUT2D eigenvalue weighted by Crippen LogP contribution is -2.51. The van der Waals surface area contributed by atoms with Gasteiger partial charge in [-0.05, 0) is 32.2 Å². The van der Waals surface area contributed by atoms with Crippen molar-refractivity contribution in [3.63, 3.8) is 0 Å². The maximum absolute atomic E-state index is 12.2. The van der Waals surface area contributed by atoms with Crippen LogP contribution in [0.15, 0.2) is 5.38 Å². The van der Waals surface area contributed by atoms with Crippen LogP contribution in [0.5, 0.6) is 0 Å². The number of amides is 1. The highest BCUT2D eigenvalue weighted by Crippen LogP contribution is 2.15. The zero-order valence-electron chi connectivity index (χ0n) is 11.9. The van der Waals surface area contributed by atoms with E-state index in [-0.39, 0.29) is 11.9 Å². The van der Waals surface area contributed by atoms with Crippen molar-refractivity contribution in [1.82, 2.24) is 15.6 Å². The first-order chi connectivity index (χ1) is 9.06. The maximum Gasteiger partial charge on any atom is 0.271 e. The van der Waals surface area contributed by atoms with Crippen molar-refractivity contribution in [2.24, 2.45) is 5.92 Å². The molecule has 1 saturated heterocycles. The Labute approximate surface area is 119 Å². The normalized spacial score (nSPS) is 23.6. The summed E-state index contributed by atoms with van der Waals surface area (Å²) in [5.74, 6) is 0.538. The molecule has 0 saturated carbocycles. The average Bonchev–Trinajstić information content (AvgIpc) is 2.79. The molecule has 2 unspecified atom stereocenters. The first kappa shape index (κ1) is 14.5. The summed E-state index contributed by atoms with van der Waals surface area (Å²) in [6, 6.07) is 0.558. The van der Waals surface area contributed by atoms with Crippen molar-refractivity contribution in [3.05, 3.63) is 16.1 Å². The van der Waals surface area contributed by atoms with Crippen LogP contribution in [0, 0.1) is 5.92 Å². The van der Waals surface area contributed by atoms with E-state index in [0.717, 1.165) is 30.8 Å². The van der Waals surface area contributed by atoms with Crippen molar-refractivity contribution in [3.8, 4) is 0 Å². The van der Waals surface area contributed by atoms with E-state index < -0.39 is 0 Å². The van der Waals surface area contributed by atoms with Gasteiger partial charge < -0.3 is 10.6 Å². The van der Waals surface area contributed by atoms with E-state index in [1.807, 2.05) is 5.38 Å². The molecular weight excluding hydrogens is 258 g/mol. The SMILES string of the molecule is CC(C)Cc1nc(C(=O)NC2CCCNC2C)cs1. The molecule has 5 heteroatoms. The number of nitrogens with one attached hydrogen (secondary N) is 2. The predicted molar refractivity (Wildman–Crippen MR) is 78.6 cm³/mol. The quantitative estimate of drug-likeness (QED) is 0.889. The zero-order chi connectivity index (χ0) is 13.8. The lowest BCUT2D eigenvalue weighted by Gasteiger charge is -2.30. The summed E-state index contributed by atoms with van der Waals surface area (Å²) in [4.78, 5) is 16.6. The van der Waals surface area contributed by atoms with Gasteiger partial charge in [-0.1, -0.05) is 13.8 Å². The molecule has 1 aromatic heterocycles. The Morgan fingerprint density at radius 3 is 3.11 bits per heavy atom. The minimum absolute atomic E-state index is 0.0354. The lowest BCUT2D eigenvalue weighted by atomic mass is 10.00. The predicted octanol–water partition coefficient (Wildman–Crippen LogP) is 2.21. The van der Waals surface area contributed by atoms with E-state index in [2.05, 4.69) is 36.4 Å². The molecule has 4 nitrogen and oxygen atoms in total. The van der Waals surface area contributed by atoms with Gasteiger partial charge in [-0.25, -0.2) is 4.98 Å². The number of aromatic nitrogens is 1. The van der Waals surface area contributed by atoms with Gasteiger partial charge >= 0.3 is 0 Å². The van der Waals surface area contributed by atoms with Gasteiger partial charge in [0.05, 0.1) is 5.01 Å². The van der Waals surface area contributed by atoms with Gasteiger partial charge in [-0.15, -0.1) is 11.3 Å². The largest absolute Gasteiger partial charge is 0.346 e. The smallest absolute Gasteiger partial charge is 0.271 e. The number of hydrogen-bond donors (Lipinski definition) is 2. The van der Waals surface area contributed by atoms with E-state index >= 15 is 0 Å². The molecule has 1 aromatic rings. The Balaban J connectivity index is 1.93. The van der Waals surface area contributed by atoms with Crippen molar-refractivity contribution in [2.45, 2.75) is 52.1 Å². The monoisotopic (exact) mass is 281 g/mol. The van der Waals surface area contributed by atoms with Crippen molar-refractivity contribution >= 4 is 17.2 Å². The first-order valence-electron chi connectivity index (χ1n) is 7.05. The third-order valence-electron chi connectivity index (χ3n) is 3.45. The van der Waals surface area contributed by atoms with Gasteiger partial charge in [0.2, 0.25) is 0 Å². The van der Waals surface area contributed by atoms with E-state index in [1.54, 1.807) is 11.3 Å². The number of thiazole rings is 1. The summed E-state index contributed by atoms with van der Waals surface area (Å²) in [5, 5.41) is 9.40. The molecule has 0 bridgehead atoms. The molecule has 1 aliphatic rings. The number of nitrogens with zero attached hydrogens (tertiary/aromatic N) is 1. The van der Waals surface area contributed by atoms with Crippen LogP contribution in [-0.4, -0.2) is 29.5 Å². The maximum atomic E-state index is 12.2. The average molecular weight is 281 g/mol. The second-order valence-corrected chi connectivity index (χ2v) is 6.63. The van der Waals surface area contributed by atoms with Crippen molar-refractivity contribution in [1.29, 1.82) is 0 Å². The fourth-order valence-corrected chi connectivity index (χ4v) is 3.33. The molecule has 2 rings (SSSR count). The Bertz CT molecular complexity index is 430. The zero-order valence-corrected chi connectivity index (χ0v) is 12.7. The standard InChI is InChI=1S/C14H23N3OS/c1-9(2)7-13-16-12(8-19-13)14(18)17-11-5-4-6-15-10(11)3/h8-11,15H,4-7H2,1-3H3,(H,17,18). The van der Waals surface area contributed by atoms with Crippen LogP contribution in [0.3, 0.4) is 0 Å². The minimum Gasteiger partial charge on any atom is -0.346 e. The van der Waals surface area contributed by atoms with Crippen LogP contribution in [0.2, 0.25) is 0 Å². The third kappa shape index (κ3) is 4.01. The van der Waals surface area contributed by atoms with Gasteiger partial charge in [0, 0.05) is 23.9 Å². The van der Waals surface area contributed by atoms with Crippen LogP contribution in [0.1, 0.15) is 49.1 Å². The van der Waals surface area contributed by atoms with E-state index in [9.17, 15) is 4.79 Å². The fraction of sp³-hybridized carbons (Fsp3) is 0.714. The number of carbonyl (C=O) groups is 1. The molecule has 0 aromatic carbocycles. The molecular formula is C14H23N3OS. The highest BCUT2D eigenvalue weighted by atomic mass is 32.1. The van der Waals surface area contributed by atoms with Crippen LogP contribution < -0.4 is 10.6 Å². The van der Waals surface area contributed by atoms with E-state index in [0.29, 0.717) is 17.7 Å². The van der Waals surface area contributed by atoms with Crippen LogP contribution >= 0.6 is 11.3 Å². The summed E-state index contributed by atoms with van der Waals surface area (Å²) in [6.07, 6.45) is 3.10. The number of piperidine rings is 1. The molecule has 19 heavy (non-hydrogen) atoms. The van der Waals surface area contributed by atoms with Crippen molar-refractivity contribution in [2.75, 3.05) is 6.54 Å². The van der Waals surface area contributed by atoms with Gasteiger partial charge in [0.15, 0.2) is 0 Å². The van der Waals surface area contributed by atoms with Gasteiger partial charge in [-0.3, -0.25) is 4.79 Å². The van der Waals surface area contributed by atoms with Crippen molar-refractivity contribution < 1.29 is 4.79 Å². The number of carbonyl (C=O) groups excluding carboxylic acids is 1. The summed E-state index contributed by atoms with van der Waals surface area (Å²) in [6.45, 7) is 7.49. The van der Waals surface area contributed by atoms with Gasteiger partial charge in [0.1, 0.15) is 5.69 Å². The lowest BCUT2D eigenvalue weighted by molar-refractivity contribution is 0.0915. The first-order valence-corrected chi connectivity index (χ1v) is 7.93. The Kier molecular flexibility index (Phi) is 4.93. The molecule has 1 aliphatic heterocycles. The fourth-order valence-electron chi connectivity index (χ4n) is 2.34. The molecule has 2 heterocycles. The minimum atomic E-state index is -0.0354. The molecule has 0 spiro atoms. The molecule has 0 radical (unpaired) electrons. The Morgan fingerprint density at radius 2 is 2.42 bits per heavy atom. The summed E-state index contributed by atoms with van der Waals surface area (Å²) >= 11 is 1.58. The highest BCUT2D eigenvalue weighted by molar-refractivity contribution is 7.09. The Hall–Kier alpha value is -0.940. The Morgan fingerprint density at radius 1 is 1.63 bits per heavy atom. The summed E-state index contributed by atoms with van der Waals surface area (Å²) in [5.41, 5.74) is 0.568. The molecule has 106 valence electrons. The molecule has 1 fully saturated rings. The van der Waals surface area contributed by atoms with Crippen LogP contribution in [-0.2, 0) is 6.42 Å². The van der Waals surface area contributed by atoms with Gasteiger partial charge in [-0.2, -0.15) is 0 Å².